The van der Waals surface area contributed by atoms with Crippen molar-refractivity contribution in [2.45, 2.75) is 72.4 Å². The topological polar surface area (TPSA) is 77.7 Å². The molecule has 0 unspecified atom stereocenters. The summed E-state index contributed by atoms with van der Waals surface area (Å²) in [5, 5.41) is 3.00. The van der Waals surface area contributed by atoms with Crippen LogP contribution in [0.2, 0.25) is 0 Å². The number of aromatic nitrogens is 1. The zero-order chi connectivity index (χ0) is 27.1. The number of aryl methyl sites for hydroxylation is 2. The Hall–Kier alpha value is -3.08. The van der Waals surface area contributed by atoms with Crippen LogP contribution in [0.25, 0.3) is 0 Å². The lowest BCUT2D eigenvalue weighted by molar-refractivity contribution is 0.0845. The van der Waals surface area contributed by atoms with Crippen LogP contribution in [0.1, 0.15) is 77.3 Å². The van der Waals surface area contributed by atoms with Gasteiger partial charge in [-0.05, 0) is 95.8 Å². The van der Waals surface area contributed by atoms with Gasteiger partial charge in [-0.25, -0.2) is 0 Å². The summed E-state index contributed by atoms with van der Waals surface area (Å²) < 4.78 is 5.61. The molecule has 1 amide bonds. The average molecular weight is 519 g/mol. The number of hydrogen-bond donors (Lipinski definition) is 2. The number of rotatable bonds is 7. The first-order valence-corrected chi connectivity index (χ1v) is 14.0. The van der Waals surface area contributed by atoms with E-state index in [2.05, 4.69) is 44.9 Å². The number of H-pyrrole nitrogens is 1. The van der Waals surface area contributed by atoms with Crippen molar-refractivity contribution >= 4 is 11.6 Å². The van der Waals surface area contributed by atoms with E-state index in [0.29, 0.717) is 17.2 Å². The molecule has 2 aromatic rings. The highest BCUT2D eigenvalue weighted by Crippen LogP contribution is 2.30. The van der Waals surface area contributed by atoms with Crippen LogP contribution in [0.5, 0.6) is 0 Å². The van der Waals surface area contributed by atoms with Crippen LogP contribution >= 0.6 is 0 Å². The number of amides is 1. The molecular weight excluding hydrogens is 476 g/mol. The molecule has 1 aromatic carbocycles. The number of aromatic amines is 1. The third-order valence-electron chi connectivity index (χ3n) is 7.81. The number of likely N-dealkylation sites (tertiary alicyclic amines) is 1. The minimum absolute atomic E-state index is 0.158. The van der Waals surface area contributed by atoms with Crippen LogP contribution in [-0.2, 0) is 11.3 Å². The SMILES string of the molecule is CCN(c1cc(C#CCN2CCCCC2)cc(C(=O)NCc2c(C)cc(C)[nH]c2=O)c1C)C1CCOCC1. The van der Waals surface area contributed by atoms with Gasteiger partial charge >= 0.3 is 0 Å². The monoisotopic (exact) mass is 518 g/mol. The number of piperidine rings is 1. The Bertz CT molecular complexity index is 1240. The van der Waals surface area contributed by atoms with Gasteiger partial charge in [-0.1, -0.05) is 18.3 Å². The van der Waals surface area contributed by atoms with E-state index in [1.165, 1.54) is 19.3 Å². The van der Waals surface area contributed by atoms with Crippen molar-refractivity contribution in [2.24, 2.45) is 0 Å². The second-order valence-electron chi connectivity index (χ2n) is 10.6. The van der Waals surface area contributed by atoms with Crippen LogP contribution in [0, 0.1) is 32.6 Å². The zero-order valence-electron chi connectivity index (χ0n) is 23.4. The van der Waals surface area contributed by atoms with Crippen LogP contribution in [0.15, 0.2) is 23.0 Å². The van der Waals surface area contributed by atoms with Crippen molar-refractivity contribution in [3.05, 3.63) is 62.1 Å². The molecule has 2 N–H and O–H groups in total. The van der Waals surface area contributed by atoms with E-state index >= 15 is 0 Å². The first-order chi connectivity index (χ1) is 18.4. The molecule has 0 saturated carbocycles. The molecule has 4 rings (SSSR count). The second-order valence-corrected chi connectivity index (χ2v) is 10.6. The molecule has 204 valence electrons. The number of anilines is 1. The first kappa shape index (κ1) is 27.9. The van der Waals surface area contributed by atoms with E-state index in [9.17, 15) is 9.59 Å². The van der Waals surface area contributed by atoms with Gasteiger partial charge in [0.05, 0.1) is 6.54 Å². The molecule has 0 bridgehead atoms. The highest BCUT2D eigenvalue weighted by molar-refractivity contribution is 5.97. The Morgan fingerprint density at radius 1 is 1.13 bits per heavy atom. The fourth-order valence-electron chi connectivity index (χ4n) is 5.66. The number of hydrogen-bond acceptors (Lipinski definition) is 5. The Labute approximate surface area is 227 Å². The molecule has 2 aliphatic rings. The Morgan fingerprint density at radius 2 is 1.87 bits per heavy atom. The van der Waals surface area contributed by atoms with Crippen molar-refractivity contribution in [3.8, 4) is 11.8 Å². The summed E-state index contributed by atoms with van der Waals surface area (Å²) >= 11 is 0. The third kappa shape index (κ3) is 6.86. The molecular formula is C31H42N4O3. The van der Waals surface area contributed by atoms with Gasteiger partial charge in [-0.3, -0.25) is 14.5 Å². The predicted molar refractivity (Wildman–Crippen MR) is 153 cm³/mol. The predicted octanol–water partition coefficient (Wildman–Crippen LogP) is 4.07. The van der Waals surface area contributed by atoms with E-state index in [-0.39, 0.29) is 18.0 Å². The Kier molecular flexibility index (Phi) is 9.65. The van der Waals surface area contributed by atoms with Gasteiger partial charge in [0, 0.05) is 60.4 Å². The summed E-state index contributed by atoms with van der Waals surface area (Å²) in [5.41, 5.74) is 5.56. The molecule has 3 heterocycles. The van der Waals surface area contributed by atoms with Gasteiger partial charge in [0.25, 0.3) is 11.5 Å². The lowest BCUT2D eigenvalue weighted by atomic mass is 9.98. The van der Waals surface area contributed by atoms with Crippen molar-refractivity contribution in [3.63, 3.8) is 0 Å². The zero-order valence-corrected chi connectivity index (χ0v) is 23.4. The number of benzene rings is 1. The largest absolute Gasteiger partial charge is 0.381 e. The van der Waals surface area contributed by atoms with Gasteiger partial charge in [-0.2, -0.15) is 0 Å². The normalized spacial score (nSPS) is 16.5. The van der Waals surface area contributed by atoms with Crippen LogP contribution in [-0.4, -0.2) is 61.2 Å². The molecule has 0 radical (unpaired) electrons. The minimum Gasteiger partial charge on any atom is -0.381 e. The highest BCUT2D eigenvalue weighted by Gasteiger charge is 2.24. The molecule has 1 aromatic heterocycles. The fourth-order valence-corrected chi connectivity index (χ4v) is 5.66. The highest BCUT2D eigenvalue weighted by atomic mass is 16.5. The van der Waals surface area contributed by atoms with Crippen molar-refractivity contribution < 1.29 is 9.53 Å². The van der Waals surface area contributed by atoms with Gasteiger partial charge in [0.2, 0.25) is 0 Å². The van der Waals surface area contributed by atoms with Crippen LogP contribution in [0.4, 0.5) is 5.69 Å². The van der Waals surface area contributed by atoms with E-state index in [0.717, 1.165) is 80.3 Å². The molecule has 2 aliphatic heterocycles. The maximum Gasteiger partial charge on any atom is 0.253 e. The maximum atomic E-state index is 13.5. The number of nitrogens with zero attached hydrogens (tertiary/aromatic N) is 2. The molecule has 2 saturated heterocycles. The van der Waals surface area contributed by atoms with Crippen LogP contribution < -0.4 is 15.8 Å². The number of nitrogens with one attached hydrogen (secondary N) is 2. The quantitative estimate of drug-likeness (QED) is 0.541. The second kappa shape index (κ2) is 13.1. The molecule has 7 heteroatoms. The summed E-state index contributed by atoms with van der Waals surface area (Å²) in [6.07, 6.45) is 5.71. The average Bonchev–Trinajstić information content (AvgIpc) is 2.91. The Morgan fingerprint density at radius 3 is 2.55 bits per heavy atom. The molecule has 0 spiro atoms. The van der Waals surface area contributed by atoms with Crippen molar-refractivity contribution in [2.75, 3.05) is 44.3 Å². The lowest BCUT2D eigenvalue weighted by Gasteiger charge is -2.36. The standard InChI is InChI=1S/C31H42N4O3/c1-5-35(26-11-16-38-17-12-26)29-20-25(10-9-15-34-13-7-6-8-14-34)19-27(24(29)4)30(36)32-21-28-22(2)18-23(3)33-31(28)37/h18-20,26H,5-8,11-17,21H2,1-4H3,(H,32,36)(H,33,37). The smallest absolute Gasteiger partial charge is 0.253 e. The third-order valence-corrected chi connectivity index (χ3v) is 7.81. The van der Waals surface area contributed by atoms with E-state index in [4.69, 9.17) is 4.74 Å². The summed E-state index contributed by atoms with van der Waals surface area (Å²) in [5.74, 6) is 6.53. The van der Waals surface area contributed by atoms with Gasteiger partial charge in [0.15, 0.2) is 0 Å². The summed E-state index contributed by atoms with van der Waals surface area (Å²) in [6.45, 7) is 13.4. The number of carbonyl (C=O) groups is 1. The summed E-state index contributed by atoms with van der Waals surface area (Å²) in [7, 11) is 0. The van der Waals surface area contributed by atoms with Gasteiger partial charge in [-0.15, -0.1) is 0 Å². The van der Waals surface area contributed by atoms with E-state index < -0.39 is 0 Å². The first-order valence-electron chi connectivity index (χ1n) is 14.0. The lowest BCUT2D eigenvalue weighted by Crippen LogP contribution is -2.40. The maximum absolute atomic E-state index is 13.5. The number of pyridine rings is 1. The number of ether oxygens (including phenoxy) is 1. The van der Waals surface area contributed by atoms with E-state index in [1.807, 2.05) is 32.9 Å². The van der Waals surface area contributed by atoms with Gasteiger partial charge in [0.1, 0.15) is 0 Å². The molecule has 0 aliphatic carbocycles. The van der Waals surface area contributed by atoms with Crippen molar-refractivity contribution in [1.82, 2.24) is 15.2 Å². The number of carbonyl (C=O) groups excluding carboxylic acids is 1. The minimum atomic E-state index is -0.189. The van der Waals surface area contributed by atoms with Crippen molar-refractivity contribution in [1.29, 1.82) is 0 Å². The molecule has 0 atom stereocenters. The molecule has 38 heavy (non-hydrogen) atoms. The summed E-state index contributed by atoms with van der Waals surface area (Å²) in [6, 6.07) is 6.34. The molecule has 2 fully saturated rings. The molecule has 7 nitrogen and oxygen atoms in total. The van der Waals surface area contributed by atoms with Crippen LogP contribution in [0.3, 0.4) is 0 Å². The summed E-state index contributed by atoms with van der Waals surface area (Å²) in [4.78, 5) is 33.7. The van der Waals surface area contributed by atoms with Gasteiger partial charge < -0.3 is 19.9 Å². The van der Waals surface area contributed by atoms with E-state index in [1.54, 1.807) is 0 Å². The Balaban J connectivity index is 1.63. The fraction of sp³-hybridized carbons (Fsp3) is 0.548.